The largest absolute Gasteiger partial charge is 0.478 e. The summed E-state index contributed by atoms with van der Waals surface area (Å²) in [7, 11) is 0. The average molecular weight is 293 g/mol. The van der Waals surface area contributed by atoms with Crippen LogP contribution in [0.4, 0.5) is 5.82 Å². The minimum Gasteiger partial charge on any atom is -0.478 e. The third kappa shape index (κ3) is 2.88. The highest BCUT2D eigenvalue weighted by Crippen LogP contribution is 2.21. The molecular formula is C17H15N3O2. The maximum Gasteiger partial charge on any atom is 0.335 e. The summed E-state index contributed by atoms with van der Waals surface area (Å²) in [5, 5.41) is 13.2. The fraction of sp³-hybridized carbons (Fsp3) is 0.118. The number of nitrogens with zero attached hydrogens (tertiary/aromatic N) is 2. The number of nitrogens with one attached hydrogen (secondary N) is 1. The van der Waals surface area contributed by atoms with Gasteiger partial charge in [-0.25, -0.2) is 14.8 Å². The molecule has 0 radical (unpaired) electrons. The lowest BCUT2D eigenvalue weighted by atomic mass is 10.1. The molecule has 0 atom stereocenters. The fourth-order valence-electron chi connectivity index (χ4n) is 2.26. The van der Waals surface area contributed by atoms with E-state index in [1.807, 2.05) is 25.1 Å². The van der Waals surface area contributed by atoms with Crippen molar-refractivity contribution in [1.29, 1.82) is 0 Å². The molecular weight excluding hydrogens is 278 g/mol. The summed E-state index contributed by atoms with van der Waals surface area (Å²) < 4.78 is 0. The van der Waals surface area contributed by atoms with E-state index in [0.29, 0.717) is 6.54 Å². The predicted molar refractivity (Wildman–Crippen MR) is 85.0 cm³/mol. The normalized spacial score (nSPS) is 10.6. The molecule has 0 spiro atoms. The molecule has 110 valence electrons. The van der Waals surface area contributed by atoms with Crippen LogP contribution in [0.15, 0.2) is 48.8 Å². The lowest BCUT2D eigenvalue weighted by molar-refractivity contribution is 0.0697. The Morgan fingerprint density at radius 3 is 2.64 bits per heavy atom. The van der Waals surface area contributed by atoms with Gasteiger partial charge in [-0.05, 0) is 36.8 Å². The summed E-state index contributed by atoms with van der Waals surface area (Å²) in [6.45, 7) is 2.60. The molecule has 5 nitrogen and oxygen atoms in total. The topological polar surface area (TPSA) is 75.1 Å². The third-order valence-electron chi connectivity index (χ3n) is 3.45. The molecule has 1 heterocycles. The molecule has 0 bridgehead atoms. The number of benzene rings is 2. The highest BCUT2D eigenvalue weighted by Gasteiger charge is 2.05. The van der Waals surface area contributed by atoms with Gasteiger partial charge in [0.1, 0.15) is 12.1 Å². The number of anilines is 1. The van der Waals surface area contributed by atoms with Crippen molar-refractivity contribution in [3.05, 3.63) is 65.5 Å². The molecule has 0 amide bonds. The monoisotopic (exact) mass is 293 g/mol. The first-order valence-electron chi connectivity index (χ1n) is 6.91. The van der Waals surface area contributed by atoms with Gasteiger partial charge in [0.2, 0.25) is 0 Å². The minimum atomic E-state index is -0.920. The van der Waals surface area contributed by atoms with E-state index in [1.54, 1.807) is 24.3 Å². The summed E-state index contributed by atoms with van der Waals surface area (Å²) in [5.41, 5.74) is 3.32. The minimum absolute atomic E-state index is 0.284. The second kappa shape index (κ2) is 5.81. The van der Waals surface area contributed by atoms with Crippen molar-refractivity contribution in [1.82, 2.24) is 9.97 Å². The summed E-state index contributed by atoms with van der Waals surface area (Å²) in [6.07, 6.45) is 1.54. The molecule has 0 saturated heterocycles. The van der Waals surface area contributed by atoms with E-state index in [4.69, 9.17) is 5.11 Å². The molecule has 3 rings (SSSR count). The van der Waals surface area contributed by atoms with Crippen molar-refractivity contribution in [2.75, 3.05) is 5.32 Å². The van der Waals surface area contributed by atoms with Crippen LogP contribution >= 0.6 is 0 Å². The van der Waals surface area contributed by atoms with Crippen LogP contribution in [0.5, 0.6) is 0 Å². The van der Waals surface area contributed by atoms with Crippen molar-refractivity contribution in [3.8, 4) is 0 Å². The van der Waals surface area contributed by atoms with Crippen LogP contribution in [0.1, 0.15) is 21.5 Å². The van der Waals surface area contributed by atoms with Crippen LogP contribution < -0.4 is 5.32 Å². The van der Waals surface area contributed by atoms with Crippen LogP contribution in [0.2, 0.25) is 0 Å². The summed E-state index contributed by atoms with van der Waals surface area (Å²) in [5.74, 6) is -0.146. The smallest absolute Gasteiger partial charge is 0.335 e. The van der Waals surface area contributed by atoms with Gasteiger partial charge in [0.05, 0.1) is 11.1 Å². The zero-order chi connectivity index (χ0) is 15.5. The molecule has 5 heteroatoms. The summed E-state index contributed by atoms with van der Waals surface area (Å²) in [6, 6.07) is 12.8. The lowest BCUT2D eigenvalue weighted by Gasteiger charge is -2.09. The van der Waals surface area contributed by atoms with Gasteiger partial charge in [-0.15, -0.1) is 0 Å². The number of aromatic nitrogens is 2. The zero-order valence-corrected chi connectivity index (χ0v) is 12.1. The van der Waals surface area contributed by atoms with Crippen LogP contribution in [-0.2, 0) is 6.54 Å². The van der Waals surface area contributed by atoms with E-state index in [-0.39, 0.29) is 5.56 Å². The second-order valence-corrected chi connectivity index (χ2v) is 5.10. The predicted octanol–water partition coefficient (Wildman–Crippen LogP) is 3.25. The summed E-state index contributed by atoms with van der Waals surface area (Å²) in [4.78, 5) is 19.4. The van der Waals surface area contributed by atoms with Crippen molar-refractivity contribution >= 4 is 22.7 Å². The van der Waals surface area contributed by atoms with E-state index in [2.05, 4.69) is 15.3 Å². The first-order valence-corrected chi connectivity index (χ1v) is 6.91. The molecule has 0 unspecified atom stereocenters. The molecule has 2 aromatic carbocycles. The Hall–Kier alpha value is -2.95. The maximum atomic E-state index is 10.8. The van der Waals surface area contributed by atoms with Gasteiger partial charge in [-0.1, -0.05) is 23.8 Å². The van der Waals surface area contributed by atoms with Gasteiger partial charge < -0.3 is 10.4 Å². The second-order valence-electron chi connectivity index (χ2n) is 5.10. The Kier molecular flexibility index (Phi) is 3.70. The van der Waals surface area contributed by atoms with Gasteiger partial charge in [-0.2, -0.15) is 0 Å². The molecule has 0 aliphatic carbocycles. The Morgan fingerprint density at radius 1 is 1.14 bits per heavy atom. The van der Waals surface area contributed by atoms with Crippen molar-refractivity contribution in [2.45, 2.75) is 13.5 Å². The number of carboxylic acids is 1. The number of aryl methyl sites for hydroxylation is 1. The Morgan fingerprint density at radius 2 is 1.91 bits per heavy atom. The molecule has 0 aliphatic rings. The molecule has 22 heavy (non-hydrogen) atoms. The number of carbonyl (C=O) groups is 1. The Balaban J connectivity index is 1.81. The van der Waals surface area contributed by atoms with Crippen molar-refractivity contribution < 1.29 is 9.90 Å². The molecule has 3 aromatic rings. The number of fused-ring (bicyclic) bond motifs is 1. The standard InChI is InChI=1S/C17H15N3O2/c1-11-2-7-15-14(8-11)16(20-10-19-15)18-9-12-3-5-13(6-4-12)17(21)22/h2-8,10H,9H2,1H3,(H,21,22)(H,18,19,20). The van der Waals surface area contributed by atoms with E-state index in [9.17, 15) is 4.79 Å². The van der Waals surface area contributed by atoms with Gasteiger partial charge >= 0.3 is 5.97 Å². The van der Waals surface area contributed by atoms with Gasteiger partial charge in [0.25, 0.3) is 0 Å². The van der Waals surface area contributed by atoms with E-state index in [1.165, 1.54) is 6.33 Å². The lowest BCUT2D eigenvalue weighted by Crippen LogP contribution is -2.03. The number of carboxylic acid groups (broad SMARTS) is 1. The summed E-state index contributed by atoms with van der Waals surface area (Å²) >= 11 is 0. The highest BCUT2D eigenvalue weighted by atomic mass is 16.4. The van der Waals surface area contributed by atoms with Gasteiger partial charge in [-0.3, -0.25) is 0 Å². The van der Waals surface area contributed by atoms with Crippen molar-refractivity contribution in [2.24, 2.45) is 0 Å². The first kappa shape index (κ1) is 14.0. The third-order valence-corrected chi connectivity index (χ3v) is 3.45. The van der Waals surface area contributed by atoms with Crippen LogP contribution in [0.25, 0.3) is 10.9 Å². The van der Waals surface area contributed by atoms with Gasteiger partial charge in [0.15, 0.2) is 0 Å². The van der Waals surface area contributed by atoms with Crippen LogP contribution in [-0.4, -0.2) is 21.0 Å². The number of rotatable bonds is 4. The van der Waals surface area contributed by atoms with Crippen molar-refractivity contribution in [3.63, 3.8) is 0 Å². The Bertz CT molecular complexity index is 829. The Labute approximate surface area is 127 Å². The van der Waals surface area contributed by atoms with Crippen LogP contribution in [0.3, 0.4) is 0 Å². The maximum absolute atomic E-state index is 10.8. The fourth-order valence-corrected chi connectivity index (χ4v) is 2.26. The zero-order valence-electron chi connectivity index (χ0n) is 12.1. The van der Waals surface area contributed by atoms with Crippen LogP contribution in [0, 0.1) is 6.92 Å². The average Bonchev–Trinajstić information content (AvgIpc) is 2.53. The number of aromatic carboxylic acids is 1. The molecule has 0 aliphatic heterocycles. The molecule has 1 aromatic heterocycles. The van der Waals surface area contributed by atoms with Gasteiger partial charge in [0, 0.05) is 11.9 Å². The molecule has 2 N–H and O–H groups in total. The number of hydrogen-bond acceptors (Lipinski definition) is 4. The number of hydrogen-bond donors (Lipinski definition) is 2. The van der Waals surface area contributed by atoms with E-state index >= 15 is 0 Å². The SMILES string of the molecule is Cc1ccc2ncnc(NCc3ccc(C(=O)O)cc3)c2c1. The quantitative estimate of drug-likeness (QED) is 0.772. The highest BCUT2D eigenvalue weighted by molar-refractivity contribution is 5.89. The van der Waals surface area contributed by atoms with E-state index in [0.717, 1.165) is 27.8 Å². The first-order chi connectivity index (χ1) is 10.6. The van der Waals surface area contributed by atoms with E-state index < -0.39 is 5.97 Å². The molecule has 0 fully saturated rings. The molecule has 0 saturated carbocycles.